The first-order valence-corrected chi connectivity index (χ1v) is 5.33. The highest BCUT2D eigenvalue weighted by Crippen LogP contribution is 2.15. The minimum absolute atomic E-state index is 0.143. The molecule has 0 radical (unpaired) electrons. The Morgan fingerprint density at radius 1 is 1.06 bits per heavy atom. The molecule has 2 amide bonds. The highest BCUT2D eigenvalue weighted by atomic mass is 35.5. The number of carbonyl (C=O) groups excluding carboxylic acids is 2. The van der Waals surface area contributed by atoms with Gasteiger partial charge in [0.15, 0.2) is 0 Å². The maximum absolute atomic E-state index is 11.3. The molecule has 82 valence electrons. The molecular weight excluding hydrogens is 226 g/mol. The van der Waals surface area contributed by atoms with E-state index in [0.717, 1.165) is 10.5 Å². The average molecular weight is 236 g/mol. The lowest BCUT2D eigenvalue weighted by molar-refractivity contribution is -0.135. The van der Waals surface area contributed by atoms with Gasteiger partial charge in [0.05, 0.1) is 0 Å². The molecule has 0 aromatic heterocycles. The molecule has 2 rings (SSSR count). The van der Waals surface area contributed by atoms with Gasteiger partial charge in [0.25, 0.3) is 0 Å². The van der Waals surface area contributed by atoms with Crippen LogP contribution >= 0.6 is 11.6 Å². The van der Waals surface area contributed by atoms with Gasteiger partial charge in [0.2, 0.25) is 11.8 Å². The van der Waals surface area contributed by atoms with Crippen molar-refractivity contribution < 1.29 is 9.59 Å². The van der Waals surface area contributed by atoms with Gasteiger partial charge in [-0.05, 0) is 23.8 Å². The Hall–Kier alpha value is -1.61. The molecule has 1 aromatic rings. The summed E-state index contributed by atoms with van der Waals surface area (Å²) >= 11 is 5.74. The molecule has 1 fully saturated rings. The SMILES string of the molecule is O=C1CCC(=O)N1/C=C/c1ccc(Cl)cc1. The Morgan fingerprint density at radius 3 is 2.19 bits per heavy atom. The van der Waals surface area contributed by atoms with Crippen molar-refractivity contribution >= 4 is 29.5 Å². The van der Waals surface area contributed by atoms with Crippen LogP contribution in [-0.2, 0) is 9.59 Å². The Bertz CT molecular complexity index is 435. The van der Waals surface area contributed by atoms with Crippen LogP contribution in [0.5, 0.6) is 0 Å². The number of likely N-dealkylation sites (tertiary alicyclic amines) is 1. The maximum atomic E-state index is 11.3. The summed E-state index contributed by atoms with van der Waals surface area (Å²) < 4.78 is 0. The molecule has 1 aliphatic heterocycles. The number of imide groups is 1. The molecule has 1 aliphatic rings. The number of amides is 2. The van der Waals surface area contributed by atoms with Crippen LogP contribution in [0.1, 0.15) is 18.4 Å². The van der Waals surface area contributed by atoms with Crippen LogP contribution < -0.4 is 0 Å². The Morgan fingerprint density at radius 2 is 1.62 bits per heavy atom. The number of hydrogen-bond donors (Lipinski definition) is 0. The van der Waals surface area contributed by atoms with E-state index in [0.29, 0.717) is 17.9 Å². The van der Waals surface area contributed by atoms with E-state index in [4.69, 9.17) is 11.6 Å². The van der Waals surface area contributed by atoms with Gasteiger partial charge in [0.1, 0.15) is 0 Å². The van der Waals surface area contributed by atoms with Gasteiger partial charge < -0.3 is 0 Å². The molecule has 4 heteroatoms. The summed E-state index contributed by atoms with van der Waals surface area (Å²) in [7, 11) is 0. The van der Waals surface area contributed by atoms with E-state index in [1.54, 1.807) is 18.2 Å². The van der Waals surface area contributed by atoms with Crippen LogP contribution in [0.4, 0.5) is 0 Å². The number of hydrogen-bond acceptors (Lipinski definition) is 2. The zero-order valence-electron chi connectivity index (χ0n) is 8.52. The monoisotopic (exact) mass is 235 g/mol. The number of halogens is 1. The normalized spacial score (nSPS) is 16.4. The lowest BCUT2D eigenvalue weighted by Gasteiger charge is -2.06. The van der Waals surface area contributed by atoms with Crippen LogP contribution in [0, 0.1) is 0 Å². The van der Waals surface area contributed by atoms with Crippen LogP contribution in [0.25, 0.3) is 6.08 Å². The quantitative estimate of drug-likeness (QED) is 0.739. The second-order valence-electron chi connectivity index (χ2n) is 3.52. The molecule has 0 atom stereocenters. The molecule has 0 bridgehead atoms. The van der Waals surface area contributed by atoms with Gasteiger partial charge in [0, 0.05) is 24.1 Å². The lowest BCUT2D eigenvalue weighted by Crippen LogP contribution is -2.22. The number of nitrogens with zero attached hydrogens (tertiary/aromatic N) is 1. The predicted octanol–water partition coefficient (Wildman–Crippen LogP) is 2.46. The van der Waals surface area contributed by atoms with Gasteiger partial charge in [-0.2, -0.15) is 0 Å². The molecule has 0 aliphatic carbocycles. The molecule has 1 saturated heterocycles. The fourth-order valence-electron chi connectivity index (χ4n) is 1.49. The first kappa shape index (κ1) is 10.9. The largest absolute Gasteiger partial charge is 0.274 e. The van der Waals surface area contributed by atoms with Crippen LogP contribution in [0.2, 0.25) is 5.02 Å². The molecule has 16 heavy (non-hydrogen) atoms. The lowest BCUT2D eigenvalue weighted by atomic mass is 10.2. The summed E-state index contributed by atoms with van der Waals surface area (Å²) in [6.45, 7) is 0. The fraction of sp³-hybridized carbons (Fsp3) is 0.167. The van der Waals surface area contributed by atoms with E-state index >= 15 is 0 Å². The molecule has 1 aromatic carbocycles. The first-order valence-electron chi connectivity index (χ1n) is 4.95. The van der Waals surface area contributed by atoms with Crippen molar-refractivity contribution in [3.63, 3.8) is 0 Å². The summed E-state index contributed by atoms with van der Waals surface area (Å²) in [6.07, 6.45) is 3.85. The summed E-state index contributed by atoms with van der Waals surface area (Å²) in [5.41, 5.74) is 0.900. The Balaban J connectivity index is 2.12. The van der Waals surface area contributed by atoms with E-state index in [2.05, 4.69) is 0 Å². The summed E-state index contributed by atoms with van der Waals surface area (Å²) in [4.78, 5) is 23.7. The van der Waals surface area contributed by atoms with Crippen LogP contribution in [-0.4, -0.2) is 16.7 Å². The predicted molar refractivity (Wildman–Crippen MR) is 61.6 cm³/mol. The topological polar surface area (TPSA) is 37.4 Å². The van der Waals surface area contributed by atoms with Crippen LogP contribution in [0.15, 0.2) is 30.5 Å². The highest BCUT2D eigenvalue weighted by molar-refractivity contribution is 6.30. The number of rotatable bonds is 2. The van der Waals surface area contributed by atoms with Crippen molar-refractivity contribution in [1.82, 2.24) is 4.90 Å². The van der Waals surface area contributed by atoms with Crippen molar-refractivity contribution in [2.45, 2.75) is 12.8 Å². The van der Waals surface area contributed by atoms with Gasteiger partial charge in [-0.1, -0.05) is 23.7 Å². The number of carbonyl (C=O) groups is 2. The van der Waals surface area contributed by atoms with Gasteiger partial charge in [-0.15, -0.1) is 0 Å². The third-order valence-electron chi connectivity index (χ3n) is 2.38. The van der Waals surface area contributed by atoms with Gasteiger partial charge in [-0.25, -0.2) is 0 Å². The van der Waals surface area contributed by atoms with Crippen molar-refractivity contribution in [3.8, 4) is 0 Å². The number of benzene rings is 1. The Kier molecular flexibility index (Phi) is 3.06. The van der Waals surface area contributed by atoms with Crippen molar-refractivity contribution in [1.29, 1.82) is 0 Å². The summed E-state index contributed by atoms with van der Waals surface area (Å²) in [5, 5.41) is 0.658. The van der Waals surface area contributed by atoms with Gasteiger partial charge >= 0.3 is 0 Å². The maximum Gasteiger partial charge on any atom is 0.233 e. The minimum atomic E-state index is -0.143. The zero-order valence-corrected chi connectivity index (χ0v) is 9.28. The third-order valence-corrected chi connectivity index (χ3v) is 2.63. The third kappa shape index (κ3) is 2.31. The van der Waals surface area contributed by atoms with E-state index in [1.165, 1.54) is 6.20 Å². The fourth-order valence-corrected chi connectivity index (χ4v) is 1.62. The van der Waals surface area contributed by atoms with E-state index in [1.807, 2.05) is 12.1 Å². The second-order valence-corrected chi connectivity index (χ2v) is 3.96. The zero-order chi connectivity index (χ0) is 11.5. The van der Waals surface area contributed by atoms with E-state index < -0.39 is 0 Å². The van der Waals surface area contributed by atoms with Crippen molar-refractivity contribution in [2.24, 2.45) is 0 Å². The highest BCUT2D eigenvalue weighted by Gasteiger charge is 2.26. The molecule has 0 spiro atoms. The molecule has 1 heterocycles. The smallest absolute Gasteiger partial charge is 0.233 e. The molecule has 0 unspecified atom stereocenters. The first-order chi connectivity index (χ1) is 7.66. The Labute approximate surface area is 98.3 Å². The van der Waals surface area contributed by atoms with E-state index in [-0.39, 0.29) is 11.8 Å². The second kappa shape index (κ2) is 4.49. The van der Waals surface area contributed by atoms with E-state index in [9.17, 15) is 9.59 Å². The standard InChI is InChI=1S/C12H10ClNO2/c13-10-3-1-9(2-4-10)7-8-14-11(15)5-6-12(14)16/h1-4,7-8H,5-6H2/b8-7+. The molecule has 0 saturated carbocycles. The minimum Gasteiger partial charge on any atom is -0.274 e. The summed E-state index contributed by atoms with van der Waals surface area (Å²) in [6, 6.07) is 7.16. The van der Waals surface area contributed by atoms with Crippen molar-refractivity contribution in [3.05, 3.63) is 41.1 Å². The molecular formula is C12H10ClNO2. The molecule has 3 nitrogen and oxygen atoms in total. The average Bonchev–Trinajstić information content (AvgIpc) is 2.59. The van der Waals surface area contributed by atoms with Gasteiger partial charge in [-0.3, -0.25) is 14.5 Å². The summed E-state index contributed by atoms with van der Waals surface area (Å²) in [5.74, 6) is -0.287. The molecule has 0 N–H and O–H groups in total. The van der Waals surface area contributed by atoms with Crippen LogP contribution in [0.3, 0.4) is 0 Å². The van der Waals surface area contributed by atoms with Crippen molar-refractivity contribution in [2.75, 3.05) is 0 Å².